The fourth-order valence-corrected chi connectivity index (χ4v) is 2.43. The molecule has 0 aromatic rings. The van der Waals surface area contributed by atoms with Crippen molar-refractivity contribution < 1.29 is 13.9 Å². The third-order valence-electron chi connectivity index (χ3n) is 3.46. The largest absolute Gasteiger partial charge is 0.464 e. The molecule has 1 aliphatic heterocycles. The summed E-state index contributed by atoms with van der Waals surface area (Å²) in [7, 11) is 0. The highest BCUT2D eigenvalue weighted by Gasteiger charge is 2.74. The first-order valence-electron chi connectivity index (χ1n) is 5.21. The second-order valence-corrected chi connectivity index (χ2v) is 4.23. The van der Waals surface area contributed by atoms with Gasteiger partial charge in [-0.05, 0) is 32.9 Å². The highest BCUT2D eigenvalue weighted by atomic mass is 19.1. The number of rotatable bonds is 2. The van der Waals surface area contributed by atoms with Crippen LogP contribution in [0.15, 0.2) is 0 Å². The number of alkyl halides is 1. The molecule has 1 saturated carbocycles. The molecule has 14 heavy (non-hydrogen) atoms. The van der Waals surface area contributed by atoms with Gasteiger partial charge in [0.25, 0.3) is 0 Å². The summed E-state index contributed by atoms with van der Waals surface area (Å²) in [5, 5.41) is 3.17. The summed E-state index contributed by atoms with van der Waals surface area (Å²) in [4.78, 5) is 11.4. The van der Waals surface area contributed by atoms with E-state index >= 15 is 0 Å². The van der Waals surface area contributed by atoms with Crippen LogP contribution in [0.3, 0.4) is 0 Å². The van der Waals surface area contributed by atoms with Crippen molar-refractivity contribution in [3.63, 3.8) is 0 Å². The van der Waals surface area contributed by atoms with Crippen molar-refractivity contribution in [2.45, 2.75) is 31.9 Å². The zero-order chi connectivity index (χ0) is 10.2. The lowest BCUT2D eigenvalue weighted by Gasteiger charge is -2.24. The van der Waals surface area contributed by atoms with Crippen LogP contribution in [0.2, 0.25) is 0 Å². The van der Waals surface area contributed by atoms with E-state index in [1.807, 2.05) is 0 Å². The van der Waals surface area contributed by atoms with Gasteiger partial charge in [0.15, 0.2) is 0 Å². The predicted molar refractivity (Wildman–Crippen MR) is 49.6 cm³/mol. The lowest BCUT2D eigenvalue weighted by atomic mass is 9.91. The number of nitrogens with one attached hydrogen (secondary N) is 1. The Bertz CT molecular complexity index is 251. The van der Waals surface area contributed by atoms with Gasteiger partial charge < -0.3 is 10.1 Å². The Morgan fingerprint density at radius 2 is 2.14 bits per heavy atom. The predicted octanol–water partition coefficient (Wildman–Crippen LogP) is 1.03. The number of halogens is 1. The third kappa shape index (κ3) is 1.24. The molecule has 0 amide bonds. The van der Waals surface area contributed by atoms with Gasteiger partial charge in [0.2, 0.25) is 5.67 Å². The van der Waals surface area contributed by atoms with Crippen LogP contribution in [0.4, 0.5) is 4.39 Å². The maximum Gasteiger partial charge on any atom is 0.344 e. The number of carbonyl (C=O) groups is 1. The average molecular weight is 201 g/mol. The first-order valence-corrected chi connectivity index (χ1v) is 5.21. The molecule has 1 atom stereocenters. The van der Waals surface area contributed by atoms with Crippen molar-refractivity contribution in [1.29, 1.82) is 0 Å². The van der Waals surface area contributed by atoms with E-state index in [1.54, 1.807) is 6.92 Å². The van der Waals surface area contributed by atoms with Gasteiger partial charge in [-0.2, -0.15) is 0 Å². The minimum absolute atomic E-state index is 0.263. The van der Waals surface area contributed by atoms with Crippen LogP contribution in [-0.4, -0.2) is 31.3 Å². The number of carbonyl (C=O) groups excluding carboxylic acids is 1. The van der Waals surface area contributed by atoms with Crippen molar-refractivity contribution in [3.05, 3.63) is 0 Å². The molecule has 1 aliphatic carbocycles. The second-order valence-electron chi connectivity index (χ2n) is 4.23. The van der Waals surface area contributed by atoms with Crippen LogP contribution in [0.1, 0.15) is 26.2 Å². The minimum Gasteiger partial charge on any atom is -0.464 e. The Labute approximate surface area is 83.0 Å². The molecule has 0 bridgehead atoms. The van der Waals surface area contributed by atoms with Gasteiger partial charge in [-0.1, -0.05) is 0 Å². The van der Waals surface area contributed by atoms with E-state index < -0.39 is 17.1 Å². The number of hydrogen-bond donors (Lipinski definition) is 1. The fourth-order valence-electron chi connectivity index (χ4n) is 2.43. The molecule has 2 rings (SSSR count). The molecular weight excluding hydrogens is 185 g/mol. The van der Waals surface area contributed by atoms with E-state index in [9.17, 15) is 9.18 Å². The lowest BCUT2D eigenvalue weighted by molar-refractivity contribution is -0.153. The van der Waals surface area contributed by atoms with Crippen molar-refractivity contribution in [1.82, 2.24) is 5.32 Å². The van der Waals surface area contributed by atoms with Crippen LogP contribution in [0.5, 0.6) is 0 Å². The van der Waals surface area contributed by atoms with Gasteiger partial charge in [0.1, 0.15) is 0 Å². The third-order valence-corrected chi connectivity index (χ3v) is 3.46. The summed E-state index contributed by atoms with van der Waals surface area (Å²) in [6, 6.07) is 0. The van der Waals surface area contributed by atoms with Crippen molar-refractivity contribution >= 4 is 5.97 Å². The molecule has 1 saturated heterocycles. The number of hydrogen-bond acceptors (Lipinski definition) is 3. The van der Waals surface area contributed by atoms with Gasteiger partial charge in [-0.3, -0.25) is 0 Å². The average Bonchev–Trinajstić information content (AvgIpc) is 2.74. The Balaban J connectivity index is 2.02. The summed E-state index contributed by atoms with van der Waals surface area (Å²) in [5.74, 6) is -0.651. The molecule has 2 aliphatic rings. The monoisotopic (exact) mass is 201 g/mol. The van der Waals surface area contributed by atoms with Gasteiger partial charge in [-0.15, -0.1) is 0 Å². The molecule has 0 aromatic carbocycles. The van der Waals surface area contributed by atoms with Crippen LogP contribution in [-0.2, 0) is 9.53 Å². The van der Waals surface area contributed by atoms with Crippen molar-refractivity contribution in [2.75, 3.05) is 19.7 Å². The fraction of sp³-hybridized carbons (Fsp3) is 0.900. The topological polar surface area (TPSA) is 38.3 Å². The van der Waals surface area contributed by atoms with Gasteiger partial charge in [0, 0.05) is 11.8 Å². The Morgan fingerprint density at radius 3 is 2.71 bits per heavy atom. The Hall–Kier alpha value is -0.640. The van der Waals surface area contributed by atoms with Crippen LogP contribution in [0, 0.1) is 5.41 Å². The van der Waals surface area contributed by atoms with E-state index in [1.165, 1.54) is 0 Å². The van der Waals surface area contributed by atoms with Crippen LogP contribution >= 0.6 is 0 Å². The normalized spacial score (nSPS) is 34.1. The summed E-state index contributed by atoms with van der Waals surface area (Å²) in [5.41, 5.74) is -2.07. The van der Waals surface area contributed by atoms with E-state index in [0.29, 0.717) is 6.42 Å². The lowest BCUT2D eigenvalue weighted by Crippen LogP contribution is -2.36. The molecule has 3 nitrogen and oxygen atoms in total. The minimum atomic E-state index is -1.68. The summed E-state index contributed by atoms with van der Waals surface area (Å²) >= 11 is 0. The summed E-state index contributed by atoms with van der Waals surface area (Å²) in [6.07, 6.45) is 1.87. The molecule has 1 heterocycles. The quantitative estimate of drug-likeness (QED) is 0.678. The zero-order valence-corrected chi connectivity index (χ0v) is 8.44. The van der Waals surface area contributed by atoms with E-state index in [-0.39, 0.29) is 6.61 Å². The summed E-state index contributed by atoms with van der Waals surface area (Å²) in [6.45, 7) is 3.59. The highest BCUT2D eigenvalue weighted by molar-refractivity contribution is 5.85. The molecule has 2 fully saturated rings. The molecule has 4 heteroatoms. The molecule has 80 valence electrons. The molecule has 0 aromatic heterocycles. The van der Waals surface area contributed by atoms with Crippen molar-refractivity contribution in [3.8, 4) is 0 Å². The smallest absolute Gasteiger partial charge is 0.344 e. The number of ether oxygens (including phenoxy) is 1. The maximum atomic E-state index is 14.1. The molecule has 1 N–H and O–H groups in total. The first-order chi connectivity index (χ1) is 6.65. The van der Waals surface area contributed by atoms with Crippen LogP contribution < -0.4 is 5.32 Å². The van der Waals surface area contributed by atoms with E-state index in [0.717, 1.165) is 25.9 Å². The van der Waals surface area contributed by atoms with E-state index in [2.05, 4.69) is 5.32 Å². The first kappa shape index (κ1) is 9.90. The van der Waals surface area contributed by atoms with Gasteiger partial charge in [0.05, 0.1) is 6.61 Å². The zero-order valence-electron chi connectivity index (χ0n) is 8.44. The Kier molecular flexibility index (Phi) is 2.26. The Morgan fingerprint density at radius 1 is 1.50 bits per heavy atom. The SMILES string of the molecule is CCOC(=O)C1(F)CC12CCNCC2. The molecule has 0 radical (unpaired) electrons. The number of esters is 1. The van der Waals surface area contributed by atoms with Crippen LogP contribution in [0.25, 0.3) is 0 Å². The molecule has 1 unspecified atom stereocenters. The second kappa shape index (κ2) is 3.19. The molecule has 1 spiro atoms. The standard InChI is InChI=1S/C10H16FNO2/c1-2-14-8(13)10(11)7-9(10)3-5-12-6-4-9/h12H,2-7H2,1H3. The van der Waals surface area contributed by atoms with E-state index in [4.69, 9.17) is 4.74 Å². The summed E-state index contributed by atoms with van der Waals surface area (Å²) < 4.78 is 18.9. The maximum absolute atomic E-state index is 14.1. The number of piperidine rings is 1. The van der Waals surface area contributed by atoms with Gasteiger partial charge in [-0.25, -0.2) is 9.18 Å². The molecular formula is C10H16FNO2. The highest BCUT2D eigenvalue weighted by Crippen LogP contribution is 2.64. The van der Waals surface area contributed by atoms with Gasteiger partial charge >= 0.3 is 5.97 Å². The van der Waals surface area contributed by atoms with Crippen molar-refractivity contribution in [2.24, 2.45) is 5.41 Å².